The van der Waals surface area contributed by atoms with Gasteiger partial charge in [-0.15, -0.1) is 0 Å². The van der Waals surface area contributed by atoms with Gasteiger partial charge in [0.05, 0.1) is 7.11 Å². The average Bonchev–Trinajstić information content (AvgIpc) is 2.66. The Morgan fingerprint density at radius 3 is 2.72 bits per heavy atom. The van der Waals surface area contributed by atoms with Crippen molar-refractivity contribution >= 4 is 6.03 Å². The highest BCUT2D eigenvalue weighted by Crippen LogP contribution is 2.30. The molecule has 0 bridgehead atoms. The highest BCUT2D eigenvalue weighted by atomic mass is 16.6. The molecule has 2 N–H and O–H groups in total. The summed E-state index contributed by atoms with van der Waals surface area (Å²) in [5.74, 6) is 2.31. The molecule has 0 aromatic heterocycles. The largest absolute Gasteiger partial charge is 0.496 e. The average molecular weight is 342 g/mol. The summed E-state index contributed by atoms with van der Waals surface area (Å²) in [5, 5.41) is 5.69. The third-order valence-electron chi connectivity index (χ3n) is 3.94. The molecule has 0 aliphatic carbocycles. The number of fused-ring (bicyclic) bond motifs is 1. The molecular formula is C19H22N2O4. The Hall–Kier alpha value is -2.89. The molecule has 3 rings (SSSR count). The molecule has 0 fully saturated rings. The molecule has 25 heavy (non-hydrogen) atoms. The summed E-state index contributed by atoms with van der Waals surface area (Å²) in [6, 6.07) is 13.3. The Morgan fingerprint density at radius 2 is 1.88 bits per heavy atom. The molecular weight excluding hydrogens is 320 g/mol. The van der Waals surface area contributed by atoms with Crippen LogP contribution in [0.25, 0.3) is 0 Å². The van der Waals surface area contributed by atoms with Gasteiger partial charge in [0, 0.05) is 18.7 Å². The number of hydrogen-bond acceptors (Lipinski definition) is 4. The fourth-order valence-electron chi connectivity index (χ4n) is 2.65. The maximum atomic E-state index is 11.9. The van der Waals surface area contributed by atoms with E-state index in [0.29, 0.717) is 26.3 Å². The zero-order valence-electron chi connectivity index (χ0n) is 14.2. The van der Waals surface area contributed by atoms with E-state index in [-0.39, 0.29) is 6.03 Å². The normalized spacial score (nSPS) is 12.4. The smallest absolute Gasteiger partial charge is 0.315 e. The van der Waals surface area contributed by atoms with E-state index >= 15 is 0 Å². The summed E-state index contributed by atoms with van der Waals surface area (Å²) in [6.45, 7) is 2.11. The van der Waals surface area contributed by atoms with Crippen molar-refractivity contribution in [3.05, 3.63) is 53.6 Å². The number of carbonyl (C=O) groups excluding carboxylic acids is 1. The quantitative estimate of drug-likeness (QED) is 0.846. The predicted molar refractivity (Wildman–Crippen MR) is 94.4 cm³/mol. The Morgan fingerprint density at radius 1 is 1.08 bits per heavy atom. The lowest BCUT2D eigenvalue weighted by atomic mass is 10.1. The van der Waals surface area contributed by atoms with Crippen molar-refractivity contribution in [2.75, 3.05) is 26.9 Å². The predicted octanol–water partition coefficient (Wildman–Crippen LogP) is 2.51. The number of para-hydroxylation sites is 1. The van der Waals surface area contributed by atoms with Gasteiger partial charge in [-0.3, -0.25) is 0 Å². The van der Waals surface area contributed by atoms with Crippen LogP contribution in [-0.4, -0.2) is 32.9 Å². The molecule has 2 aromatic rings. The lowest BCUT2D eigenvalue weighted by Gasteiger charge is -2.18. The highest BCUT2D eigenvalue weighted by Gasteiger charge is 2.11. The van der Waals surface area contributed by atoms with Crippen molar-refractivity contribution in [3.63, 3.8) is 0 Å². The molecule has 0 spiro atoms. The molecule has 1 aliphatic heterocycles. The second-order valence-corrected chi connectivity index (χ2v) is 5.65. The zero-order chi connectivity index (χ0) is 17.5. The second kappa shape index (κ2) is 8.28. The number of hydrogen-bond donors (Lipinski definition) is 2. The van der Waals surface area contributed by atoms with Crippen LogP contribution in [0.1, 0.15) is 11.1 Å². The number of rotatable bonds is 6. The number of ether oxygens (including phenoxy) is 3. The summed E-state index contributed by atoms with van der Waals surface area (Å²) in [4.78, 5) is 11.9. The van der Waals surface area contributed by atoms with Crippen LogP contribution in [0, 0.1) is 0 Å². The van der Waals surface area contributed by atoms with Crippen LogP contribution < -0.4 is 24.8 Å². The van der Waals surface area contributed by atoms with Crippen LogP contribution in [-0.2, 0) is 13.0 Å². The summed E-state index contributed by atoms with van der Waals surface area (Å²) in [7, 11) is 1.62. The zero-order valence-corrected chi connectivity index (χ0v) is 14.2. The Balaban J connectivity index is 1.43. The molecule has 0 radical (unpaired) electrons. The molecule has 0 saturated carbocycles. The Bertz CT molecular complexity index is 733. The van der Waals surface area contributed by atoms with Crippen LogP contribution >= 0.6 is 0 Å². The molecule has 132 valence electrons. The van der Waals surface area contributed by atoms with E-state index in [1.54, 1.807) is 7.11 Å². The second-order valence-electron chi connectivity index (χ2n) is 5.65. The Labute approximate surface area is 147 Å². The van der Waals surface area contributed by atoms with Crippen molar-refractivity contribution in [2.45, 2.75) is 13.0 Å². The summed E-state index contributed by atoms with van der Waals surface area (Å²) < 4.78 is 16.3. The number of carbonyl (C=O) groups is 1. The van der Waals surface area contributed by atoms with E-state index in [1.807, 2.05) is 42.5 Å². The molecule has 2 aromatic carbocycles. The maximum absolute atomic E-state index is 11.9. The number of methoxy groups -OCH3 is 1. The van der Waals surface area contributed by atoms with E-state index in [2.05, 4.69) is 10.6 Å². The molecule has 0 saturated heterocycles. The third kappa shape index (κ3) is 4.56. The molecule has 0 unspecified atom stereocenters. The van der Waals surface area contributed by atoms with Crippen molar-refractivity contribution < 1.29 is 19.0 Å². The van der Waals surface area contributed by atoms with Gasteiger partial charge in [0.1, 0.15) is 19.0 Å². The highest BCUT2D eigenvalue weighted by molar-refractivity contribution is 5.73. The van der Waals surface area contributed by atoms with Crippen LogP contribution in [0.2, 0.25) is 0 Å². The van der Waals surface area contributed by atoms with Gasteiger partial charge in [-0.2, -0.15) is 0 Å². The van der Waals surface area contributed by atoms with Crippen molar-refractivity contribution in [2.24, 2.45) is 0 Å². The maximum Gasteiger partial charge on any atom is 0.315 e. The lowest BCUT2D eigenvalue weighted by molar-refractivity contribution is 0.171. The van der Waals surface area contributed by atoms with Crippen LogP contribution in [0.5, 0.6) is 17.2 Å². The number of nitrogens with one attached hydrogen (secondary N) is 2. The fourth-order valence-corrected chi connectivity index (χ4v) is 2.65. The fraction of sp³-hybridized carbons (Fsp3) is 0.316. The number of benzene rings is 2. The third-order valence-corrected chi connectivity index (χ3v) is 3.94. The Kier molecular flexibility index (Phi) is 5.61. The SMILES string of the molecule is COc1ccccc1CNC(=O)NCCc1ccc2c(c1)OCCO2. The van der Waals surface area contributed by atoms with Crippen LogP contribution in [0.15, 0.2) is 42.5 Å². The van der Waals surface area contributed by atoms with Crippen LogP contribution in [0.4, 0.5) is 4.79 Å². The van der Waals surface area contributed by atoms with E-state index in [0.717, 1.165) is 34.8 Å². The van der Waals surface area contributed by atoms with Crippen molar-refractivity contribution in [1.29, 1.82) is 0 Å². The van der Waals surface area contributed by atoms with E-state index in [1.165, 1.54) is 0 Å². The summed E-state index contributed by atoms with van der Waals surface area (Å²) in [6.07, 6.45) is 0.721. The topological polar surface area (TPSA) is 68.8 Å². The molecule has 0 atom stereocenters. The van der Waals surface area contributed by atoms with Gasteiger partial charge in [-0.05, 0) is 30.2 Å². The first-order valence-corrected chi connectivity index (χ1v) is 8.28. The minimum absolute atomic E-state index is 0.205. The molecule has 6 nitrogen and oxygen atoms in total. The van der Waals surface area contributed by atoms with Gasteiger partial charge in [-0.25, -0.2) is 4.79 Å². The van der Waals surface area contributed by atoms with Crippen molar-refractivity contribution in [3.8, 4) is 17.2 Å². The minimum Gasteiger partial charge on any atom is -0.496 e. The van der Waals surface area contributed by atoms with Gasteiger partial charge in [0.15, 0.2) is 11.5 Å². The first kappa shape index (κ1) is 17.0. The summed E-state index contributed by atoms with van der Waals surface area (Å²) >= 11 is 0. The van der Waals surface area contributed by atoms with Gasteiger partial charge in [-0.1, -0.05) is 24.3 Å². The molecule has 6 heteroatoms. The van der Waals surface area contributed by atoms with Gasteiger partial charge < -0.3 is 24.8 Å². The molecule has 1 heterocycles. The lowest BCUT2D eigenvalue weighted by Crippen LogP contribution is -2.36. The summed E-state index contributed by atoms with van der Waals surface area (Å²) in [5.41, 5.74) is 2.03. The number of urea groups is 1. The first-order valence-electron chi connectivity index (χ1n) is 8.28. The minimum atomic E-state index is -0.205. The van der Waals surface area contributed by atoms with E-state index < -0.39 is 0 Å². The van der Waals surface area contributed by atoms with Crippen LogP contribution in [0.3, 0.4) is 0 Å². The number of amides is 2. The monoisotopic (exact) mass is 342 g/mol. The van der Waals surface area contributed by atoms with Gasteiger partial charge in [0.2, 0.25) is 0 Å². The van der Waals surface area contributed by atoms with E-state index in [4.69, 9.17) is 14.2 Å². The standard InChI is InChI=1S/C19H22N2O4/c1-23-16-5-3-2-4-15(16)13-21-19(22)20-9-8-14-6-7-17-18(12-14)25-11-10-24-17/h2-7,12H,8-11,13H2,1H3,(H2,20,21,22). The first-order chi connectivity index (χ1) is 12.3. The molecule has 1 aliphatic rings. The molecule has 2 amide bonds. The van der Waals surface area contributed by atoms with Gasteiger partial charge >= 0.3 is 6.03 Å². The van der Waals surface area contributed by atoms with Gasteiger partial charge in [0.25, 0.3) is 0 Å². The van der Waals surface area contributed by atoms with Crippen molar-refractivity contribution in [1.82, 2.24) is 10.6 Å². The van der Waals surface area contributed by atoms with E-state index in [9.17, 15) is 4.79 Å².